The fourth-order valence-corrected chi connectivity index (χ4v) is 10.7. The summed E-state index contributed by atoms with van der Waals surface area (Å²) < 4.78 is 0. The topological polar surface area (TPSA) is 348 Å². The Hall–Kier alpha value is -6.47. The molecule has 5 aliphatic rings. The Morgan fingerprint density at radius 3 is 1.75 bits per heavy atom. The molecule has 0 spiro atoms. The third-order valence-corrected chi connectivity index (χ3v) is 14.1. The van der Waals surface area contributed by atoms with Crippen molar-refractivity contribution >= 4 is 64.9 Å². The number of hydrogen-bond acceptors (Lipinski definition) is 12. The average molecular weight is 895 g/mol. The quantitative estimate of drug-likeness (QED) is 0.0781. The van der Waals surface area contributed by atoms with Crippen LogP contribution in [0, 0.1) is 22.2 Å². The van der Waals surface area contributed by atoms with Gasteiger partial charge in [-0.25, -0.2) is 0 Å². The third kappa shape index (κ3) is 9.12. The van der Waals surface area contributed by atoms with Crippen LogP contribution in [0.3, 0.4) is 0 Å². The van der Waals surface area contributed by atoms with Crippen LogP contribution in [0.5, 0.6) is 0 Å². The van der Waals surface area contributed by atoms with E-state index >= 15 is 0 Å². The van der Waals surface area contributed by atoms with Crippen molar-refractivity contribution in [2.75, 3.05) is 0 Å². The van der Waals surface area contributed by atoms with Crippen molar-refractivity contribution in [1.29, 1.82) is 0 Å². The van der Waals surface area contributed by atoms with E-state index in [-0.39, 0.29) is 95.0 Å². The number of allylic oxidation sites excluding steroid dienone is 4. The van der Waals surface area contributed by atoms with Gasteiger partial charge in [0.2, 0.25) is 0 Å². The van der Waals surface area contributed by atoms with E-state index in [0.717, 1.165) is 0 Å². The van der Waals surface area contributed by atoms with Gasteiger partial charge in [-0.2, -0.15) is 0 Å². The van der Waals surface area contributed by atoms with E-state index in [4.69, 9.17) is 15.0 Å². The maximum Gasteiger partial charge on any atom is 0.307 e. The molecule has 20 nitrogen and oxygen atoms in total. The summed E-state index contributed by atoms with van der Waals surface area (Å²) in [5, 5.41) is 84.7. The Labute approximate surface area is 367 Å². The fourth-order valence-electron chi connectivity index (χ4n) is 10.7. The highest BCUT2D eigenvalue weighted by Crippen LogP contribution is 2.60. The smallest absolute Gasteiger partial charge is 0.307 e. The first kappa shape index (κ1) is 48.6. The van der Waals surface area contributed by atoms with E-state index in [1.807, 2.05) is 0 Å². The molecule has 5 heterocycles. The van der Waals surface area contributed by atoms with Crippen molar-refractivity contribution < 1.29 is 79.2 Å². The van der Waals surface area contributed by atoms with Crippen LogP contribution in [0.15, 0.2) is 60.4 Å². The van der Waals surface area contributed by atoms with Gasteiger partial charge in [0.15, 0.2) is 0 Å². The maximum atomic E-state index is 13.0. The normalized spacial score (nSPS) is 29.5. The van der Waals surface area contributed by atoms with Crippen molar-refractivity contribution in [2.45, 2.75) is 136 Å². The molecule has 8 bridgehead atoms. The number of aliphatic carboxylic acids is 8. The molecule has 0 amide bonds. The zero-order valence-electron chi connectivity index (χ0n) is 36.2. The minimum absolute atomic E-state index is 0.0333. The van der Waals surface area contributed by atoms with Crippen molar-refractivity contribution in [1.82, 2.24) is 5.32 Å². The minimum atomic E-state index is -1.69. The number of carboxylic acids is 8. The van der Waals surface area contributed by atoms with Gasteiger partial charge in [0, 0.05) is 83.5 Å². The molecular formula is C44H54N4O16. The van der Waals surface area contributed by atoms with E-state index in [1.165, 1.54) is 6.08 Å². The third-order valence-electron chi connectivity index (χ3n) is 14.1. The zero-order chi connectivity index (χ0) is 47.9. The van der Waals surface area contributed by atoms with Crippen LogP contribution in [0.1, 0.15) is 125 Å². The van der Waals surface area contributed by atoms with Crippen LogP contribution in [0.25, 0.3) is 0 Å². The average Bonchev–Trinajstić information content (AvgIpc) is 3.72. The number of carbonyl (C=O) groups is 8. The van der Waals surface area contributed by atoms with Gasteiger partial charge in [0.25, 0.3) is 0 Å². The van der Waals surface area contributed by atoms with Gasteiger partial charge in [0.1, 0.15) is 0 Å². The molecule has 5 rings (SSSR count). The summed E-state index contributed by atoms with van der Waals surface area (Å²) in [7, 11) is 0. The molecule has 0 radical (unpaired) electrons. The lowest BCUT2D eigenvalue weighted by atomic mass is 9.61. The van der Waals surface area contributed by atoms with Gasteiger partial charge in [0.05, 0.1) is 48.2 Å². The summed E-state index contributed by atoms with van der Waals surface area (Å²) in [6.07, 6.45) is -4.36. The highest BCUT2D eigenvalue weighted by molar-refractivity contribution is 6.18. The van der Waals surface area contributed by atoms with Gasteiger partial charge < -0.3 is 46.2 Å². The Morgan fingerprint density at radius 2 is 1.20 bits per heavy atom. The van der Waals surface area contributed by atoms with E-state index in [1.54, 1.807) is 34.6 Å². The second-order valence-corrected chi connectivity index (χ2v) is 18.3. The number of aliphatic imine (C=N–C) groups is 3. The Morgan fingerprint density at radius 1 is 0.641 bits per heavy atom. The molecule has 1 fully saturated rings. The van der Waals surface area contributed by atoms with Crippen LogP contribution in [0.4, 0.5) is 0 Å². The predicted octanol–water partition coefficient (Wildman–Crippen LogP) is 4.95. The molecular weight excluding hydrogens is 840 g/mol. The second-order valence-electron chi connectivity index (χ2n) is 18.3. The molecule has 20 heteroatoms. The molecule has 346 valence electrons. The monoisotopic (exact) mass is 894 g/mol. The zero-order valence-corrected chi connectivity index (χ0v) is 36.2. The van der Waals surface area contributed by atoms with Gasteiger partial charge in [-0.1, -0.05) is 13.8 Å². The summed E-state index contributed by atoms with van der Waals surface area (Å²) in [4.78, 5) is 115. The van der Waals surface area contributed by atoms with Gasteiger partial charge in [-0.05, 0) is 74.8 Å². The summed E-state index contributed by atoms with van der Waals surface area (Å²) in [5.41, 5.74) is -6.10. The number of fused-ring (bicyclic) bond motifs is 6. The van der Waals surface area contributed by atoms with Crippen molar-refractivity contribution in [3.8, 4) is 0 Å². The summed E-state index contributed by atoms with van der Waals surface area (Å²) >= 11 is 0. The van der Waals surface area contributed by atoms with E-state index in [0.29, 0.717) is 0 Å². The molecule has 0 unspecified atom stereocenters. The summed E-state index contributed by atoms with van der Waals surface area (Å²) in [6.45, 7) is 7.93. The van der Waals surface area contributed by atoms with Crippen molar-refractivity contribution in [3.05, 3.63) is 45.5 Å². The van der Waals surface area contributed by atoms with Crippen LogP contribution >= 0.6 is 0 Å². The number of carboxylic acid groups (broad SMARTS) is 8. The molecule has 0 aliphatic carbocycles. The van der Waals surface area contributed by atoms with E-state index in [9.17, 15) is 79.2 Å². The van der Waals surface area contributed by atoms with Crippen LogP contribution in [0.2, 0.25) is 0 Å². The van der Waals surface area contributed by atoms with Crippen LogP contribution in [-0.2, 0) is 38.4 Å². The second kappa shape index (κ2) is 17.6. The van der Waals surface area contributed by atoms with Crippen molar-refractivity contribution in [3.63, 3.8) is 0 Å². The molecule has 0 aromatic carbocycles. The number of nitrogens with one attached hydrogen (secondary N) is 1. The van der Waals surface area contributed by atoms with Gasteiger partial charge in [-0.3, -0.25) is 53.3 Å². The minimum Gasteiger partial charge on any atom is -0.481 e. The van der Waals surface area contributed by atoms with E-state index < -0.39 is 132 Å². The number of nitrogens with zero attached hydrogens (tertiary/aromatic N) is 3. The molecule has 1 saturated heterocycles. The van der Waals surface area contributed by atoms with Crippen molar-refractivity contribution in [2.24, 2.45) is 37.1 Å². The first-order chi connectivity index (χ1) is 29.6. The Kier molecular flexibility index (Phi) is 13.4. The Bertz CT molecular complexity index is 2350. The highest BCUT2D eigenvalue weighted by atomic mass is 16.4. The fraction of sp³-hybridized carbons (Fsp3) is 0.568. The molecule has 6 atom stereocenters. The van der Waals surface area contributed by atoms with Gasteiger partial charge >= 0.3 is 47.8 Å². The molecule has 9 N–H and O–H groups in total. The highest BCUT2D eigenvalue weighted by Gasteiger charge is 2.63. The number of rotatable bonds is 20. The molecule has 0 aromatic rings. The lowest BCUT2D eigenvalue weighted by Crippen LogP contribution is -2.51. The molecule has 0 aromatic heterocycles. The first-order valence-corrected chi connectivity index (χ1v) is 20.8. The molecule has 5 aliphatic heterocycles. The van der Waals surface area contributed by atoms with Gasteiger partial charge in [-0.15, -0.1) is 0 Å². The van der Waals surface area contributed by atoms with Crippen LogP contribution < -0.4 is 5.32 Å². The standard InChI is InChI=1S/C44H54N4O16/c1-40(13-12-34(55)56)25(15-36(59)60)39-44(5)42(3,20-38(63)64)23(8-11-33(53)54)27(48-44)17-30-41(2,19-37(61)62)22(7-10-32(51)52)28(45-30)18-43(4)24(14-35(57)58)21(6-9-31(49)50)26(47-43)16-29(40)46-39/h17,23,48H,6-16,18-20H2,1-5H3,(H,49,50)(H,51,52)(H,53,54)(H,55,56)(H,57,58)(H,59,60)(H,61,62)(H,63,64)/t23-,40-,41+,42+,43+,44+/m1/s1. The summed E-state index contributed by atoms with van der Waals surface area (Å²) in [5.74, 6) is -11.1. The largest absolute Gasteiger partial charge is 0.481 e. The first-order valence-electron chi connectivity index (χ1n) is 20.8. The van der Waals surface area contributed by atoms with Crippen LogP contribution in [-0.4, -0.2) is 117 Å². The SMILES string of the molecule is C[C@]1(CCC(=O)O)C2=NC(=C1CC(=O)O)[C@]1(C)NC(=CC3=NC(=C(CCC(=O)O)[C@]3(C)CC(=O)O)C[C@]3(C)N=C(C2)C(CCC(=O)O)=C3CC(=O)O)[C@@H](CCC(=O)O)[C@]1(C)CC(=O)O. The predicted molar refractivity (Wildman–Crippen MR) is 225 cm³/mol. The van der Waals surface area contributed by atoms with E-state index in [2.05, 4.69) is 5.32 Å². The number of hydrogen-bond donors (Lipinski definition) is 9. The molecule has 0 saturated carbocycles. The molecule has 64 heavy (non-hydrogen) atoms. The summed E-state index contributed by atoms with van der Waals surface area (Å²) in [6, 6.07) is 0. The lowest BCUT2D eigenvalue weighted by Gasteiger charge is -2.43. The lowest BCUT2D eigenvalue weighted by molar-refractivity contribution is -0.142. The Balaban J connectivity index is 1.99. The maximum absolute atomic E-state index is 13.0.